The molecule has 1 aromatic heterocycles. The van der Waals surface area contributed by atoms with Gasteiger partial charge in [-0.25, -0.2) is 0 Å². The van der Waals surface area contributed by atoms with E-state index in [1.54, 1.807) is 4.90 Å². The Morgan fingerprint density at radius 3 is 2.45 bits per heavy atom. The zero-order valence-corrected chi connectivity index (χ0v) is 23.9. The van der Waals surface area contributed by atoms with Gasteiger partial charge in [-0.3, -0.25) is 14.5 Å². The number of carbonyl (C=O) groups is 2. The van der Waals surface area contributed by atoms with Crippen molar-refractivity contribution in [3.8, 4) is 11.5 Å². The Balaban J connectivity index is 1.44. The van der Waals surface area contributed by atoms with E-state index in [9.17, 15) is 9.59 Å². The fourth-order valence-corrected chi connectivity index (χ4v) is 6.04. The van der Waals surface area contributed by atoms with Gasteiger partial charge in [-0.15, -0.1) is 22.9 Å². The van der Waals surface area contributed by atoms with Crippen LogP contribution in [-0.4, -0.2) is 48.3 Å². The molecule has 1 aliphatic heterocycles. The van der Waals surface area contributed by atoms with Gasteiger partial charge in [0, 0.05) is 36.2 Å². The summed E-state index contributed by atoms with van der Waals surface area (Å²) in [6, 6.07) is 28.5. The molecule has 6 nitrogen and oxygen atoms in total. The van der Waals surface area contributed by atoms with Crippen LogP contribution in [0.5, 0.6) is 11.5 Å². The first kappa shape index (κ1) is 27.9. The van der Waals surface area contributed by atoms with Crippen LogP contribution in [0.15, 0.2) is 96.4 Å². The van der Waals surface area contributed by atoms with E-state index < -0.39 is 6.04 Å². The fraction of sp³-hybridized carbons (Fsp3) is 0.250. The molecule has 1 saturated heterocycles. The number of alkyl halides is 1. The number of carbonyl (C=O) groups excluding carboxylic acids is 2. The third kappa shape index (κ3) is 6.55. The first-order chi connectivity index (χ1) is 19.5. The lowest BCUT2D eigenvalue weighted by Gasteiger charge is -2.39. The number of hydrogen-bond acceptors (Lipinski definition) is 5. The molecule has 0 spiro atoms. The van der Waals surface area contributed by atoms with Gasteiger partial charge in [0.25, 0.3) is 5.91 Å². The van der Waals surface area contributed by atoms with Crippen LogP contribution >= 0.6 is 22.9 Å². The summed E-state index contributed by atoms with van der Waals surface area (Å²) >= 11 is 7.61. The summed E-state index contributed by atoms with van der Waals surface area (Å²) in [6.07, 6.45) is 0.820. The number of ether oxygens (including phenoxy) is 1. The van der Waals surface area contributed by atoms with Crippen molar-refractivity contribution >= 4 is 40.4 Å². The monoisotopic (exact) mass is 573 g/mol. The molecule has 0 aliphatic carbocycles. The van der Waals surface area contributed by atoms with Gasteiger partial charge in [-0.2, -0.15) is 0 Å². The highest BCUT2D eigenvalue weighted by Crippen LogP contribution is 2.36. The molecule has 2 atom stereocenters. The van der Waals surface area contributed by atoms with Gasteiger partial charge in [0.1, 0.15) is 23.4 Å². The summed E-state index contributed by atoms with van der Waals surface area (Å²) in [5.41, 5.74) is 2.66. The molecule has 0 bridgehead atoms. The summed E-state index contributed by atoms with van der Waals surface area (Å²) < 4.78 is 6.01. The second kappa shape index (κ2) is 13.1. The van der Waals surface area contributed by atoms with Crippen LogP contribution in [0, 0.1) is 6.92 Å². The Morgan fingerprint density at radius 1 is 1.02 bits per heavy atom. The number of hydrogen-bond donors (Lipinski definition) is 1. The SMILES string of the molecule is Cc1cc(Oc2ccccc2)ccc1N(C(=O)CCl)C(C(=O)N1CCNC(Cc2ccccc2)C1)c1cccs1. The lowest BCUT2D eigenvalue weighted by atomic mass is 10.0. The molecular weight excluding hydrogens is 542 g/mol. The summed E-state index contributed by atoms with van der Waals surface area (Å²) in [6.45, 7) is 3.73. The largest absolute Gasteiger partial charge is 0.457 e. The van der Waals surface area contributed by atoms with Crippen molar-refractivity contribution < 1.29 is 14.3 Å². The Labute approximate surface area is 244 Å². The highest BCUT2D eigenvalue weighted by atomic mass is 35.5. The second-order valence-electron chi connectivity index (χ2n) is 9.80. The van der Waals surface area contributed by atoms with E-state index in [4.69, 9.17) is 16.3 Å². The molecule has 2 heterocycles. The summed E-state index contributed by atoms with van der Waals surface area (Å²) in [5, 5.41) is 5.48. The van der Waals surface area contributed by atoms with E-state index in [2.05, 4.69) is 17.4 Å². The number of para-hydroxylation sites is 1. The molecule has 0 radical (unpaired) electrons. The predicted molar refractivity (Wildman–Crippen MR) is 161 cm³/mol. The third-order valence-corrected chi connectivity index (χ3v) is 8.14. The molecule has 2 amide bonds. The molecule has 8 heteroatoms. The van der Waals surface area contributed by atoms with Crippen molar-refractivity contribution in [2.45, 2.75) is 25.4 Å². The van der Waals surface area contributed by atoms with Crippen LogP contribution < -0.4 is 15.0 Å². The zero-order chi connectivity index (χ0) is 27.9. The maximum Gasteiger partial charge on any atom is 0.251 e. The Hall–Kier alpha value is -3.65. The predicted octanol–water partition coefficient (Wildman–Crippen LogP) is 6.21. The average molecular weight is 574 g/mol. The minimum absolute atomic E-state index is 0.107. The van der Waals surface area contributed by atoms with Crippen molar-refractivity contribution in [1.29, 1.82) is 0 Å². The minimum atomic E-state index is -0.818. The van der Waals surface area contributed by atoms with E-state index in [1.165, 1.54) is 16.9 Å². The number of thiophene rings is 1. The van der Waals surface area contributed by atoms with Crippen molar-refractivity contribution in [3.05, 3.63) is 112 Å². The van der Waals surface area contributed by atoms with Gasteiger partial charge in [-0.1, -0.05) is 54.6 Å². The van der Waals surface area contributed by atoms with Crippen molar-refractivity contribution in [1.82, 2.24) is 10.2 Å². The first-order valence-electron chi connectivity index (χ1n) is 13.3. The molecule has 0 saturated carbocycles. The number of anilines is 1. The van der Waals surface area contributed by atoms with Gasteiger partial charge in [0.05, 0.1) is 0 Å². The Morgan fingerprint density at radius 2 is 1.77 bits per heavy atom. The second-order valence-corrected chi connectivity index (χ2v) is 11.1. The first-order valence-corrected chi connectivity index (χ1v) is 14.8. The van der Waals surface area contributed by atoms with E-state index in [1.807, 2.05) is 96.1 Å². The van der Waals surface area contributed by atoms with Crippen LogP contribution in [-0.2, 0) is 16.0 Å². The number of rotatable bonds is 9. The lowest BCUT2D eigenvalue weighted by Crippen LogP contribution is -2.56. The highest BCUT2D eigenvalue weighted by Gasteiger charge is 2.38. The van der Waals surface area contributed by atoms with Crippen LogP contribution in [0.1, 0.15) is 22.0 Å². The topological polar surface area (TPSA) is 61.9 Å². The van der Waals surface area contributed by atoms with Gasteiger partial charge < -0.3 is 15.0 Å². The third-order valence-electron chi connectivity index (χ3n) is 6.99. The number of aryl methyl sites for hydroxylation is 1. The highest BCUT2D eigenvalue weighted by molar-refractivity contribution is 7.10. The molecule has 3 aromatic carbocycles. The maximum absolute atomic E-state index is 14.3. The van der Waals surface area contributed by atoms with Gasteiger partial charge >= 0.3 is 0 Å². The Kier molecular flexibility index (Phi) is 9.16. The number of halogens is 1. The zero-order valence-electron chi connectivity index (χ0n) is 22.3. The average Bonchev–Trinajstić information content (AvgIpc) is 3.51. The standard InChI is InChI=1S/C32H32ClN3O3S/c1-23-19-27(39-26-11-6-3-7-12-26)14-15-28(23)36(30(37)21-33)31(29-13-8-18-40-29)32(38)35-17-16-34-25(22-35)20-24-9-4-2-5-10-24/h2-15,18-19,25,31,34H,16-17,20-22H2,1H3. The van der Waals surface area contributed by atoms with Crippen molar-refractivity contribution in [2.75, 3.05) is 30.4 Å². The van der Waals surface area contributed by atoms with E-state index >= 15 is 0 Å². The molecule has 1 N–H and O–H groups in total. The molecule has 1 fully saturated rings. The number of piperazine rings is 1. The molecule has 4 aromatic rings. The quantitative estimate of drug-likeness (QED) is 0.242. The van der Waals surface area contributed by atoms with Crippen LogP contribution in [0.2, 0.25) is 0 Å². The molecule has 206 valence electrons. The molecule has 40 heavy (non-hydrogen) atoms. The normalized spacial score (nSPS) is 15.8. The molecular formula is C32H32ClN3O3S. The number of nitrogens with zero attached hydrogens (tertiary/aromatic N) is 2. The van der Waals surface area contributed by atoms with Crippen LogP contribution in [0.4, 0.5) is 5.69 Å². The molecule has 5 rings (SSSR count). The van der Waals surface area contributed by atoms with E-state index in [0.717, 1.165) is 22.6 Å². The van der Waals surface area contributed by atoms with E-state index in [-0.39, 0.29) is 23.7 Å². The number of amides is 2. The fourth-order valence-electron chi connectivity index (χ4n) is 5.11. The summed E-state index contributed by atoms with van der Waals surface area (Å²) in [5.74, 6) is 0.692. The summed E-state index contributed by atoms with van der Waals surface area (Å²) in [7, 11) is 0. The van der Waals surface area contributed by atoms with Gasteiger partial charge in [-0.05, 0) is 66.2 Å². The summed E-state index contributed by atoms with van der Waals surface area (Å²) in [4.78, 5) is 32.0. The molecule has 1 aliphatic rings. The van der Waals surface area contributed by atoms with Crippen LogP contribution in [0.3, 0.4) is 0 Å². The Bertz CT molecular complexity index is 1420. The minimum Gasteiger partial charge on any atom is -0.457 e. The lowest BCUT2D eigenvalue weighted by molar-refractivity contribution is -0.135. The van der Waals surface area contributed by atoms with Crippen molar-refractivity contribution in [3.63, 3.8) is 0 Å². The van der Waals surface area contributed by atoms with Crippen LogP contribution in [0.25, 0.3) is 0 Å². The molecule has 2 unspecified atom stereocenters. The van der Waals surface area contributed by atoms with E-state index in [0.29, 0.717) is 31.1 Å². The smallest absolute Gasteiger partial charge is 0.251 e. The number of nitrogens with one attached hydrogen (secondary N) is 1. The van der Waals surface area contributed by atoms with Crippen molar-refractivity contribution in [2.24, 2.45) is 0 Å². The number of benzene rings is 3. The maximum atomic E-state index is 14.3. The van der Waals surface area contributed by atoms with Gasteiger partial charge in [0.2, 0.25) is 5.91 Å². The van der Waals surface area contributed by atoms with Gasteiger partial charge in [0.15, 0.2) is 0 Å².